The normalized spacial score (nSPS) is 11.2. The predicted octanol–water partition coefficient (Wildman–Crippen LogP) is 3.10. The third-order valence-electron chi connectivity index (χ3n) is 2.80. The molecule has 1 heterocycles. The van der Waals surface area contributed by atoms with Crippen molar-refractivity contribution in [2.75, 3.05) is 5.43 Å². The lowest BCUT2D eigenvalue weighted by Gasteiger charge is -2.04. The summed E-state index contributed by atoms with van der Waals surface area (Å²) in [4.78, 5) is 11.3. The fourth-order valence-corrected chi connectivity index (χ4v) is 1.88. The van der Waals surface area contributed by atoms with E-state index in [2.05, 4.69) is 62.6 Å². The minimum absolute atomic E-state index is 0.300. The highest BCUT2D eigenvalue weighted by Crippen LogP contribution is 2.16. The molecule has 0 saturated carbocycles. The van der Waals surface area contributed by atoms with E-state index in [0.717, 1.165) is 5.56 Å². The summed E-state index contributed by atoms with van der Waals surface area (Å²) in [6.45, 7) is 4.31. The molecule has 0 aliphatic rings. The molecule has 0 bridgehead atoms. The van der Waals surface area contributed by atoms with Gasteiger partial charge >= 0.3 is 0 Å². The van der Waals surface area contributed by atoms with Gasteiger partial charge in [-0.3, -0.25) is 10.2 Å². The minimum atomic E-state index is -0.300. The van der Waals surface area contributed by atoms with Crippen molar-refractivity contribution in [2.24, 2.45) is 5.10 Å². The number of benzene rings is 1. The van der Waals surface area contributed by atoms with E-state index in [4.69, 9.17) is 0 Å². The summed E-state index contributed by atoms with van der Waals surface area (Å²) in [5, 5.41) is 10.1. The molecule has 0 spiro atoms. The van der Waals surface area contributed by atoms with E-state index < -0.39 is 0 Å². The first-order chi connectivity index (χ1) is 9.58. The number of hydrogen-bond donors (Lipinski definition) is 2. The van der Waals surface area contributed by atoms with E-state index in [1.54, 1.807) is 6.21 Å². The molecule has 6 heteroatoms. The van der Waals surface area contributed by atoms with Crippen LogP contribution in [0.2, 0.25) is 0 Å². The van der Waals surface area contributed by atoms with Gasteiger partial charge in [0.1, 0.15) is 4.47 Å². The van der Waals surface area contributed by atoms with Crippen molar-refractivity contribution in [3.05, 3.63) is 56.4 Å². The van der Waals surface area contributed by atoms with Gasteiger partial charge in [0.25, 0.3) is 5.56 Å². The highest BCUT2D eigenvalue weighted by Gasteiger charge is 2.02. The number of nitrogens with zero attached hydrogens (tertiary/aromatic N) is 2. The Morgan fingerprint density at radius 1 is 1.35 bits per heavy atom. The lowest BCUT2D eigenvalue weighted by Crippen LogP contribution is -2.10. The number of hydrazone groups is 1. The molecule has 0 atom stereocenters. The maximum absolute atomic E-state index is 11.3. The molecule has 0 aliphatic carbocycles. The van der Waals surface area contributed by atoms with Crippen LogP contribution in [-0.4, -0.2) is 16.4 Å². The Kier molecular flexibility index (Phi) is 4.68. The van der Waals surface area contributed by atoms with Crippen molar-refractivity contribution in [3.63, 3.8) is 0 Å². The number of rotatable bonds is 4. The van der Waals surface area contributed by atoms with Crippen molar-refractivity contribution < 1.29 is 0 Å². The lowest BCUT2D eigenvalue weighted by atomic mass is 10.0. The quantitative estimate of drug-likeness (QED) is 0.666. The largest absolute Gasteiger partial charge is 0.280 e. The lowest BCUT2D eigenvalue weighted by molar-refractivity contribution is 0.866. The molecule has 0 fully saturated rings. The van der Waals surface area contributed by atoms with Crippen molar-refractivity contribution in [2.45, 2.75) is 19.8 Å². The average Bonchev–Trinajstić information content (AvgIpc) is 2.44. The average molecular weight is 335 g/mol. The Morgan fingerprint density at radius 2 is 2.05 bits per heavy atom. The maximum Gasteiger partial charge on any atom is 0.280 e. The SMILES string of the molecule is CC(C)c1ccc(/C=N/Nc2cn[nH]c(=O)c2Br)cc1. The van der Waals surface area contributed by atoms with Crippen molar-refractivity contribution >= 4 is 27.8 Å². The molecule has 0 saturated heterocycles. The van der Waals surface area contributed by atoms with Crippen molar-refractivity contribution in [3.8, 4) is 0 Å². The molecule has 5 nitrogen and oxygen atoms in total. The summed E-state index contributed by atoms with van der Waals surface area (Å²) >= 11 is 3.17. The second-order valence-electron chi connectivity index (χ2n) is 4.62. The van der Waals surface area contributed by atoms with Crippen LogP contribution in [-0.2, 0) is 0 Å². The molecular weight excluding hydrogens is 320 g/mol. The fourth-order valence-electron chi connectivity index (χ4n) is 1.60. The predicted molar refractivity (Wildman–Crippen MR) is 84.3 cm³/mol. The molecule has 2 rings (SSSR count). The third-order valence-corrected chi connectivity index (χ3v) is 3.58. The van der Waals surface area contributed by atoms with Gasteiger partial charge in [-0.2, -0.15) is 10.2 Å². The summed E-state index contributed by atoms with van der Waals surface area (Å²) < 4.78 is 0.375. The van der Waals surface area contributed by atoms with E-state index in [-0.39, 0.29) is 5.56 Å². The molecule has 0 aliphatic heterocycles. The standard InChI is InChI=1S/C14H15BrN4O/c1-9(2)11-5-3-10(4-6-11)7-16-18-12-8-17-19-14(20)13(12)15/h3-9H,1-2H3,(H2,18,19,20)/b16-7+. The van der Waals surface area contributed by atoms with Gasteiger partial charge in [-0.05, 0) is 33.0 Å². The summed E-state index contributed by atoms with van der Waals surface area (Å²) in [5.74, 6) is 0.511. The molecule has 2 aromatic rings. The van der Waals surface area contributed by atoms with Crippen LogP contribution in [0.15, 0.2) is 44.8 Å². The van der Waals surface area contributed by atoms with E-state index in [9.17, 15) is 4.79 Å². The van der Waals surface area contributed by atoms with Gasteiger partial charge in [0.2, 0.25) is 0 Å². The summed E-state index contributed by atoms with van der Waals surface area (Å²) in [5.41, 5.74) is 5.27. The second kappa shape index (κ2) is 6.47. The molecule has 2 N–H and O–H groups in total. The number of H-pyrrole nitrogens is 1. The Labute approximate surface area is 125 Å². The number of nitrogens with one attached hydrogen (secondary N) is 2. The van der Waals surface area contributed by atoms with E-state index in [1.807, 2.05) is 12.1 Å². The maximum atomic E-state index is 11.3. The zero-order valence-corrected chi connectivity index (χ0v) is 12.8. The van der Waals surface area contributed by atoms with Gasteiger partial charge in [0.05, 0.1) is 18.1 Å². The number of aromatic amines is 1. The molecule has 0 amide bonds. The van der Waals surface area contributed by atoms with Gasteiger partial charge < -0.3 is 0 Å². The van der Waals surface area contributed by atoms with Crippen LogP contribution < -0.4 is 11.0 Å². The van der Waals surface area contributed by atoms with Crippen LogP contribution in [0.5, 0.6) is 0 Å². The molecular formula is C14H15BrN4O. The summed E-state index contributed by atoms with van der Waals surface area (Å²) in [6.07, 6.45) is 3.18. The highest BCUT2D eigenvalue weighted by atomic mass is 79.9. The smallest absolute Gasteiger partial charge is 0.275 e. The summed E-state index contributed by atoms with van der Waals surface area (Å²) in [6, 6.07) is 8.17. The fraction of sp³-hybridized carbons (Fsp3) is 0.214. The Balaban J connectivity index is 2.06. The number of anilines is 1. The van der Waals surface area contributed by atoms with Crippen LogP contribution in [0.3, 0.4) is 0 Å². The van der Waals surface area contributed by atoms with Gasteiger partial charge in [0, 0.05) is 0 Å². The van der Waals surface area contributed by atoms with Crippen LogP contribution in [0.4, 0.5) is 5.69 Å². The molecule has 104 valence electrons. The second-order valence-corrected chi connectivity index (χ2v) is 5.41. The first-order valence-electron chi connectivity index (χ1n) is 6.20. The molecule has 1 aromatic heterocycles. The van der Waals surface area contributed by atoms with Crippen molar-refractivity contribution in [1.82, 2.24) is 10.2 Å². The first-order valence-corrected chi connectivity index (χ1v) is 6.99. The van der Waals surface area contributed by atoms with Gasteiger partial charge in [-0.25, -0.2) is 5.10 Å². The Bertz CT molecular complexity index is 662. The molecule has 20 heavy (non-hydrogen) atoms. The number of halogens is 1. The summed E-state index contributed by atoms with van der Waals surface area (Å²) in [7, 11) is 0. The van der Waals surface area contributed by atoms with Gasteiger partial charge in [-0.15, -0.1) is 0 Å². The van der Waals surface area contributed by atoms with Crippen LogP contribution in [0, 0.1) is 0 Å². The van der Waals surface area contributed by atoms with Gasteiger partial charge in [-0.1, -0.05) is 38.1 Å². The highest BCUT2D eigenvalue weighted by molar-refractivity contribution is 9.10. The zero-order valence-electron chi connectivity index (χ0n) is 11.2. The van der Waals surface area contributed by atoms with E-state index in [0.29, 0.717) is 16.1 Å². The van der Waals surface area contributed by atoms with Crippen LogP contribution in [0.25, 0.3) is 0 Å². The zero-order chi connectivity index (χ0) is 14.5. The van der Waals surface area contributed by atoms with E-state index in [1.165, 1.54) is 11.8 Å². The van der Waals surface area contributed by atoms with Gasteiger partial charge in [0.15, 0.2) is 0 Å². The number of aromatic nitrogens is 2. The first kappa shape index (κ1) is 14.5. The molecule has 0 unspecified atom stereocenters. The minimum Gasteiger partial charge on any atom is -0.275 e. The van der Waals surface area contributed by atoms with E-state index >= 15 is 0 Å². The molecule has 1 aromatic carbocycles. The van der Waals surface area contributed by atoms with Crippen LogP contribution >= 0.6 is 15.9 Å². The molecule has 0 radical (unpaired) electrons. The monoisotopic (exact) mass is 334 g/mol. The third kappa shape index (κ3) is 3.54. The van der Waals surface area contributed by atoms with Crippen LogP contribution in [0.1, 0.15) is 30.9 Å². The number of hydrogen-bond acceptors (Lipinski definition) is 4. The Hall–Kier alpha value is -1.95. The topological polar surface area (TPSA) is 70.1 Å². The van der Waals surface area contributed by atoms with Crippen molar-refractivity contribution in [1.29, 1.82) is 0 Å². The Morgan fingerprint density at radius 3 is 2.70 bits per heavy atom.